The second-order valence-corrected chi connectivity index (χ2v) is 6.76. The minimum atomic E-state index is 0.370. The van der Waals surface area contributed by atoms with E-state index in [9.17, 15) is 0 Å². The highest BCUT2D eigenvalue weighted by atomic mass is 16.5. The molecule has 138 valence electrons. The second kappa shape index (κ2) is 8.86. The first-order valence-electron chi connectivity index (χ1n) is 9.42. The highest BCUT2D eigenvalue weighted by molar-refractivity contribution is 5.93. The molecule has 0 bridgehead atoms. The lowest BCUT2D eigenvalue weighted by atomic mass is 10.1. The summed E-state index contributed by atoms with van der Waals surface area (Å²) in [7, 11) is 1.79. The Hall–Kier alpha value is -2.33. The number of aryl methyl sites for hydroxylation is 1. The number of ether oxygens (including phenoxy) is 2. The third-order valence-corrected chi connectivity index (χ3v) is 4.80. The van der Waals surface area contributed by atoms with Crippen molar-refractivity contribution in [2.24, 2.45) is 0 Å². The number of hydrogen-bond acceptors (Lipinski definition) is 3. The van der Waals surface area contributed by atoms with Gasteiger partial charge in [-0.05, 0) is 56.9 Å². The smallest absolute Gasteiger partial charge is 0.119 e. The summed E-state index contributed by atoms with van der Waals surface area (Å²) in [6.45, 7) is 4.99. The maximum absolute atomic E-state index is 5.95. The van der Waals surface area contributed by atoms with Gasteiger partial charge in [0.25, 0.3) is 0 Å². The van der Waals surface area contributed by atoms with Crippen molar-refractivity contribution in [1.82, 2.24) is 10.2 Å². The van der Waals surface area contributed by atoms with E-state index in [1.807, 2.05) is 12.1 Å². The van der Waals surface area contributed by atoms with E-state index in [2.05, 4.69) is 54.4 Å². The summed E-state index contributed by atoms with van der Waals surface area (Å²) in [5.41, 5.74) is 4.33. The van der Waals surface area contributed by atoms with Crippen LogP contribution >= 0.6 is 0 Å². The predicted octanol–water partition coefficient (Wildman–Crippen LogP) is 5.51. The van der Waals surface area contributed by atoms with Crippen LogP contribution in [-0.2, 0) is 4.74 Å². The molecule has 2 aromatic carbocycles. The number of aromatic amines is 1. The Balaban J connectivity index is 1.62. The molecule has 4 heteroatoms. The van der Waals surface area contributed by atoms with Crippen LogP contribution in [0.4, 0.5) is 0 Å². The van der Waals surface area contributed by atoms with Gasteiger partial charge in [-0.1, -0.05) is 30.7 Å². The zero-order valence-corrected chi connectivity index (χ0v) is 15.9. The van der Waals surface area contributed by atoms with Crippen molar-refractivity contribution in [1.29, 1.82) is 0 Å². The summed E-state index contributed by atoms with van der Waals surface area (Å²) in [5.74, 6) is 0.894. The van der Waals surface area contributed by atoms with Crippen LogP contribution in [0.3, 0.4) is 0 Å². The number of benzene rings is 2. The summed E-state index contributed by atoms with van der Waals surface area (Å²) >= 11 is 0. The first-order valence-corrected chi connectivity index (χ1v) is 9.42. The molecule has 1 aromatic heterocycles. The topological polar surface area (TPSA) is 47.1 Å². The van der Waals surface area contributed by atoms with Crippen LogP contribution in [0.5, 0.6) is 5.75 Å². The number of aromatic nitrogens is 2. The number of nitrogens with zero attached hydrogens (tertiary/aromatic N) is 1. The maximum atomic E-state index is 5.95. The summed E-state index contributed by atoms with van der Waals surface area (Å²) in [6.07, 6.45) is 4.69. The standard InChI is InChI=1S/C22H28N2O2/c1-4-18(25-3)9-5-6-13-26-19-10-7-8-17(15-19)22-20-14-16(2)11-12-21(20)23-24-22/h7-8,10-12,14-15,18H,4-6,9,13H2,1-3H3,(H,23,24). The van der Waals surface area contributed by atoms with Gasteiger partial charge in [-0.3, -0.25) is 5.10 Å². The highest BCUT2D eigenvalue weighted by Gasteiger charge is 2.09. The Morgan fingerprint density at radius 3 is 2.81 bits per heavy atom. The van der Waals surface area contributed by atoms with Crippen molar-refractivity contribution in [3.63, 3.8) is 0 Å². The van der Waals surface area contributed by atoms with Crippen LogP contribution < -0.4 is 4.74 Å². The van der Waals surface area contributed by atoms with E-state index in [-0.39, 0.29) is 0 Å². The molecule has 0 fully saturated rings. The van der Waals surface area contributed by atoms with E-state index < -0.39 is 0 Å². The van der Waals surface area contributed by atoms with Gasteiger partial charge >= 0.3 is 0 Å². The zero-order valence-electron chi connectivity index (χ0n) is 15.9. The second-order valence-electron chi connectivity index (χ2n) is 6.76. The number of H-pyrrole nitrogens is 1. The molecule has 0 radical (unpaired) electrons. The molecule has 0 spiro atoms. The largest absolute Gasteiger partial charge is 0.494 e. The zero-order chi connectivity index (χ0) is 18.4. The molecule has 1 atom stereocenters. The van der Waals surface area contributed by atoms with Gasteiger partial charge < -0.3 is 9.47 Å². The third kappa shape index (κ3) is 4.44. The van der Waals surface area contributed by atoms with Gasteiger partial charge in [-0.25, -0.2) is 0 Å². The molecule has 1 N–H and O–H groups in total. The summed E-state index contributed by atoms with van der Waals surface area (Å²) in [4.78, 5) is 0. The van der Waals surface area contributed by atoms with Crippen LogP contribution in [0.2, 0.25) is 0 Å². The van der Waals surface area contributed by atoms with E-state index in [4.69, 9.17) is 9.47 Å². The Morgan fingerprint density at radius 2 is 2.00 bits per heavy atom. The van der Waals surface area contributed by atoms with E-state index in [0.717, 1.165) is 60.2 Å². The molecule has 0 aliphatic carbocycles. The quantitative estimate of drug-likeness (QED) is 0.516. The molecule has 4 nitrogen and oxygen atoms in total. The third-order valence-electron chi connectivity index (χ3n) is 4.80. The van der Waals surface area contributed by atoms with Crippen LogP contribution in [0.1, 0.15) is 38.2 Å². The molecule has 0 amide bonds. The van der Waals surface area contributed by atoms with Crippen molar-refractivity contribution >= 4 is 10.9 Å². The Morgan fingerprint density at radius 1 is 1.12 bits per heavy atom. The van der Waals surface area contributed by atoms with E-state index in [1.165, 1.54) is 5.56 Å². The molecule has 0 aliphatic rings. The van der Waals surface area contributed by atoms with Gasteiger partial charge in [0.1, 0.15) is 11.4 Å². The number of hydrogen-bond donors (Lipinski definition) is 1. The van der Waals surface area contributed by atoms with Gasteiger partial charge in [0.2, 0.25) is 0 Å². The fourth-order valence-corrected chi connectivity index (χ4v) is 3.23. The summed E-state index contributed by atoms with van der Waals surface area (Å²) in [6, 6.07) is 14.5. The van der Waals surface area contributed by atoms with Crippen molar-refractivity contribution < 1.29 is 9.47 Å². The van der Waals surface area contributed by atoms with Gasteiger partial charge in [-0.15, -0.1) is 0 Å². The van der Waals surface area contributed by atoms with E-state index in [1.54, 1.807) is 7.11 Å². The maximum Gasteiger partial charge on any atom is 0.119 e. The number of rotatable bonds is 9. The lowest BCUT2D eigenvalue weighted by Crippen LogP contribution is -2.09. The molecule has 1 unspecified atom stereocenters. The minimum Gasteiger partial charge on any atom is -0.494 e. The van der Waals surface area contributed by atoms with Crippen molar-refractivity contribution in [2.75, 3.05) is 13.7 Å². The Labute approximate surface area is 155 Å². The van der Waals surface area contributed by atoms with Crippen LogP contribution in [-0.4, -0.2) is 30.0 Å². The first-order chi connectivity index (χ1) is 12.7. The summed E-state index contributed by atoms with van der Waals surface area (Å²) < 4.78 is 11.4. The molecule has 3 aromatic rings. The molecule has 0 aliphatic heterocycles. The van der Waals surface area contributed by atoms with Gasteiger partial charge in [0.15, 0.2) is 0 Å². The fourth-order valence-electron chi connectivity index (χ4n) is 3.23. The molecular weight excluding hydrogens is 324 g/mol. The van der Waals surface area contributed by atoms with E-state index >= 15 is 0 Å². The fraction of sp³-hybridized carbons (Fsp3) is 0.409. The number of unbranched alkanes of at least 4 members (excludes halogenated alkanes) is 1. The SMILES string of the molecule is CCC(CCCCOc1cccc(-c2n[nH]c3ccc(C)cc23)c1)OC. The number of methoxy groups -OCH3 is 1. The molecule has 0 saturated heterocycles. The van der Waals surface area contributed by atoms with Gasteiger partial charge in [0, 0.05) is 18.1 Å². The van der Waals surface area contributed by atoms with Crippen LogP contribution in [0, 0.1) is 6.92 Å². The molecular formula is C22H28N2O2. The average Bonchev–Trinajstić information content (AvgIpc) is 3.08. The van der Waals surface area contributed by atoms with Crippen molar-refractivity contribution in [2.45, 2.75) is 45.6 Å². The van der Waals surface area contributed by atoms with Gasteiger partial charge in [0.05, 0.1) is 18.2 Å². The van der Waals surface area contributed by atoms with Crippen molar-refractivity contribution in [3.8, 4) is 17.0 Å². The minimum absolute atomic E-state index is 0.370. The molecule has 26 heavy (non-hydrogen) atoms. The van der Waals surface area contributed by atoms with Crippen LogP contribution in [0.25, 0.3) is 22.2 Å². The van der Waals surface area contributed by atoms with E-state index in [0.29, 0.717) is 6.10 Å². The molecule has 1 heterocycles. The molecule has 3 rings (SSSR count). The Bertz CT molecular complexity index is 837. The van der Waals surface area contributed by atoms with Crippen molar-refractivity contribution in [3.05, 3.63) is 48.0 Å². The molecule has 0 saturated carbocycles. The number of fused-ring (bicyclic) bond motifs is 1. The normalized spacial score (nSPS) is 12.4. The lowest BCUT2D eigenvalue weighted by Gasteiger charge is -2.12. The predicted molar refractivity (Wildman–Crippen MR) is 107 cm³/mol. The number of nitrogens with one attached hydrogen (secondary N) is 1. The summed E-state index contributed by atoms with van der Waals surface area (Å²) in [5, 5.41) is 8.76. The highest BCUT2D eigenvalue weighted by Crippen LogP contribution is 2.29. The van der Waals surface area contributed by atoms with Gasteiger partial charge in [-0.2, -0.15) is 5.10 Å². The van der Waals surface area contributed by atoms with Crippen LogP contribution in [0.15, 0.2) is 42.5 Å². The lowest BCUT2D eigenvalue weighted by molar-refractivity contribution is 0.0887. The monoisotopic (exact) mass is 352 g/mol. The average molecular weight is 352 g/mol. The first kappa shape index (κ1) is 18.5. The Kier molecular flexibility index (Phi) is 6.29.